The molecule has 0 saturated carbocycles. The number of carbonyl (C=O) groups is 1. The maximum atomic E-state index is 12.9. The molecule has 1 fully saturated rings. The van der Waals surface area contributed by atoms with Gasteiger partial charge in [-0.1, -0.05) is 29.8 Å². The zero-order chi connectivity index (χ0) is 16.5. The molecular formula is C19H20N2O3. The Balaban J connectivity index is 1.67. The van der Waals surface area contributed by atoms with Gasteiger partial charge in [0.25, 0.3) is 5.91 Å². The number of benzene rings is 1. The van der Waals surface area contributed by atoms with Gasteiger partial charge in [0.2, 0.25) is 0 Å². The van der Waals surface area contributed by atoms with Crippen molar-refractivity contribution in [2.45, 2.75) is 38.3 Å². The SMILES string of the molecule is Cc1cccc([C@@H]2CC(c3ccco3)=NN2C(=O)[C@H]2CCCO2)c1. The molecule has 0 bridgehead atoms. The van der Waals surface area contributed by atoms with Crippen molar-refractivity contribution in [3.05, 3.63) is 59.5 Å². The molecule has 5 nitrogen and oxygen atoms in total. The van der Waals surface area contributed by atoms with E-state index in [9.17, 15) is 4.79 Å². The van der Waals surface area contributed by atoms with Crippen LogP contribution in [0.5, 0.6) is 0 Å². The van der Waals surface area contributed by atoms with Crippen LogP contribution in [0, 0.1) is 6.92 Å². The van der Waals surface area contributed by atoms with Crippen molar-refractivity contribution in [3.63, 3.8) is 0 Å². The van der Waals surface area contributed by atoms with Gasteiger partial charge < -0.3 is 9.15 Å². The molecule has 2 aliphatic rings. The lowest BCUT2D eigenvalue weighted by Gasteiger charge is -2.24. The van der Waals surface area contributed by atoms with Crippen molar-refractivity contribution in [3.8, 4) is 0 Å². The van der Waals surface area contributed by atoms with Crippen LogP contribution < -0.4 is 0 Å². The lowest BCUT2D eigenvalue weighted by Crippen LogP contribution is -2.35. The van der Waals surface area contributed by atoms with Crippen LogP contribution in [-0.2, 0) is 9.53 Å². The fourth-order valence-corrected chi connectivity index (χ4v) is 3.36. The molecule has 24 heavy (non-hydrogen) atoms. The van der Waals surface area contributed by atoms with Gasteiger partial charge in [-0.25, -0.2) is 5.01 Å². The normalized spacial score (nSPS) is 23.5. The summed E-state index contributed by atoms with van der Waals surface area (Å²) < 4.78 is 11.1. The Kier molecular flexibility index (Phi) is 3.94. The molecule has 1 amide bonds. The van der Waals surface area contributed by atoms with Crippen molar-refractivity contribution in [2.24, 2.45) is 5.10 Å². The highest BCUT2D eigenvalue weighted by atomic mass is 16.5. The number of ether oxygens (including phenoxy) is 1. The van der Waals surface area contributed by atoms with Gasteiger partial charge in [0.05, 0.1) is 12.3 Å². The summed E-state index contributed by atoms with van der Waals surface area (Å²) in [4.78, 5) is 12.9. The number of aryl methyl sites for hydroxylation is 1. The van der Waals surface area contributed by atoms with Crippen LogP contribution in [-0.4, -0.2) is 29.3 Å². The van der Waals surface area contributed by atoms with Gasteiger partial charge in [0.15, 0.2) is 0 Å². The molecular weight excluding hydrogens is 304 g/mol. The van der Waals surface area contributed by atoms with Crippen LogP contribution in [0.4, 0.5) is 0 Å². The molecule has 2 aromatic rings. The summed E-state index contributed by atoms with van der Waals surface area (Å²) in [5.74, 6) is 0.663. The van der Waals surface area contributed by atoms with Gasteiger partial charge in [0.1, 0.15) is 17.6 Å². The molecule has 1 aromatic carbocycles. The number of carbonyl (C=O) groups excluding carboxylic acids is 1. The lowest BCUT2D eigenvalue weighted by molar-refractivity contribution is -0.142. The van der Waals surface area contributed by atoms with Crippen LogP contribution in [0.1, 0.15) is 42.2 Å². The Morgan fingerprint density at radius 1 is 1.29 bits per heavy atom. The van der Waals surface area contributed by atoms with E-state index in [4.69, 9.17) is 9.15 Å². The van der Waals surface area contributed by atoms with E-state index in [0.717, 1.165) is 29.9 Å². The number of furan rings is 1. The van der Waals surface area contributed by atoms with E-state index in [1.165, 1.54) is 5.56 Å². The van der Waals surface area contributed by atoms with Crippen molar-refractivity contribution in [1.29, 1.82) is 0 Å². The minimum atomic E-state index is -0.378. The summed E-state index contributed by atoms with van der Waals surface area (Å²) in [5, 5.41) is 6.19. The predicted molar refractivity (Wildman–Crippen MR) is 89.6 cm³/mol. The van der Waals surface area contributed by atoms with Crippen molar-refractivity contribution >= 4 is 11.6 Å². The summed E-state index contributed by atoms with van der Waals surface area (Å²) in [6.07, 6.45) is 3.59. The zero-order valence-electron chi connectivity index (χ0n) is 13.6. The Bertz CT molecular complexity index is 761. The first-order valence-corrected chi connectivity index (χ1v) is 8.35. The maximum absolute atomic E-state index is 12.9. The number of hydrogen-bond donors (Lipinski definition) is 0. The lowest BCUT2D eigenvalue weighted by atomic mass is 9.99. The van der Waals surface area contributed by atoms with E-state index in [-0.39, 0.29) is 18.1 Å². The van der Waals surface area contributed by atoms with Gasteiger partial charge in [-0.15, -0.1) is 0 Å². The molecule has 1 saturated heterocycles. The minimum absolute atomic E-state index is 0.0550. The first kappa shape index (κ1) is 15.1. The fourth-order valence-electron chi connectivity index (χ4n) is 3.36. The second-order valence-electron chi connectivity index (χ2n) is 6.34. The number of hydrogen-bond acceptors (Lipinski definition) is 4. The highest BCUT2D eigenvalue weighted by molar-refractivity contribution is 6.01. The smallest absolute Gasteiger partial charge is 0.272 e. The molecule has 0 aliphatic carbocycles. The number of hydrazone groups is 1. The Morgan fingerprint density at radius 2 is 2.21 bits per heavy atom. The first-order chi connectivity index (χ1) is 11.7. The van der Waals surface area contributed by atoms with Gasteiger partial charge in [-0.05, 0) is 37.5 Å². The van der Waals surface area contributed by atoms with Crippen LogP contribution in [0.25, 0.3) is 0 Å². The highest BCUT2D eigenvalue weighted by Gasteiger charge is 2.38. The number of rotatable bonds is 3. The van der Waals surface area contributed by atoms with Crippen molar-refractivity contribution in [2.75, 3.05) is 6.61 Å². The van der Waals surface area contributed by atoms with Crippen molar-refractivity contribution in [1.82, 2.24) is 5.01 Å². The van der Waals surface area contributed by atoms with Gasteiger partial charge in [-0.3, -0.25) is 4.79 Å². The Morgan fingerprint density at radius 3 is 2.92 bits per heavy atom. The van der Waals surface area contributed by atoms with Crippen LogP contribution in [0.2, 0.25) is 0 Å². The minimum Gasteiger partial charge on any atom is -0.463 e. The van der Waals surface area contributed by atoms with E-state index in [1.54, 1.807) is 11.3 Å². The average Bonchev–Trinajstić information content (AvgIpc) is 3.34. The van der Waals surface area contributed by atoms with Gasteiger partial charge in [-0.2, -0.15) is 5.10 Å². The second kappa shape index (κ2) is 6.24. The standard InChI is InChI=1S/C19H20N2O3/c1-13-5-2-6-14(11-13)16-12-15(17-7-3-9-23-17)20-21(16)19(22)18-8-4-10-24-18/h2-3,5-7,9,11,16,18H,4,8,10,12H2,1H3/t16-,18+/m0/s1. The van der Waals surface area contributed by atoms with E-state index in [2.05, 4.69) is 24.2 Å². The number of nitrogens with zero attached hydrogens (tertiary/aromatic N) is 2. The zero-order valence-corrected chi connectivity index (χ0v) is 13.6. The first-order valence-electron chi connectivity index (χ1n) is 8.35. The molecule has 0 N–H and O–H groups in total. The molecule has 1 aromatic heterocycles. The third-order valence-corrected chi connectivity index (χ3v) is 4.57. The molecule has 0 radical (unpaired) electrons. The molecule has 5 heteroatoms. The maximum Gasteiger partial charge on any atom is 0.272 e. The van der Waals surface area contributed by atoms with E-state index >= 15 is 0 Å². The summed E-state index contributed by atoms with van der Waals surface area (Å²) in [5.41, 5.74) is 3.06. The molecule has 2 aliphatic heterocycles. The summed E-state index contributed by atoms with van der Waals surface area (Å²) >= 11 is 0. The summed E-state index contributed by atoms with van der Waals surface area (Å²) in [6, 6.07) is 11.8. The molecule has 0 spiro atoms. The van der Waals surface area contributed by atoms with Crippen molar-refractivity contribution < 1.29 is 13.9 Å². The molecule has 2 atom stereocenters. The van der Waals surface area contributed by atoms with Crippen LogP contribution in [0.3, 0.4) is 0 Å². The summed E-state index contributed by atoms with van der Waals surface area (Å²) in [6.45, 7) is 2.70. The molecule has 124 valence electrons. The van der Waals surface area contributed by atoms with E-state index in [0.29, 0.717) is 13.0 Å². The summed E-state index contributed by atoms with van der Waals surface area (Å²) in [7, 11) is 0. The monoisotopic (exact) mass is 324 g/mol. The van der Waals surface area contributed by atoms with Gasteiger partial charge >= 0.3 is 0 Å². The Labute approximate surface area is 140 Å². The molecule has 0 unspecified atom stereocenters. The highest BCUT2D eigenvalue weighted by Crippen LogP contribution is 2.34. The van der Waals surface area contributed by atoms with E-state index < -0.39 is 0 Å². The second-order valence-corrected chi connectivity index (χ2v) is 6.34. The van der Waals surface area contributed by atoms with Gasteiger partial charge in [0, 0.05) is 13.0 Å². The van der Waals surface area contributed by atoms with E-state index in [1.807, 2.05) is 24.3 Å². The third-order valence-electron chi connectivity index (χ3n) is 4.57. The molecule has 3 heterocycles. The van der Waals surface area contributed by atoms with Crippen LogP contribution >= 0.6 is 0 Å². The Hall–Kier alpha value is -2.40. The largest absolute Gasteiger partial charge is 0.463 e. The topological polar surface area (TPSA) is 55.0 Å². The predicted octanol–water partition coefficient (Wildman–Crippen LogP) is 3.44. The number of amides is 1. The van der Waals surface area contributed by atoms with Crippen LogP contribution in [0.15, 0.2) is 52.2 Å². The average molecular weight is 324 g/mol. The third kappa shape index (κ3) is 2.76. The molecule has 4 rings (SSSR count). The quantitative estimate of drug-likeness (QED) is 0.869. The fraction of sp³-hybridized carbons (Fsp3) is 0.368.